The predicted molar refractivity (Wildman–Crippen MR) is 94.9 cm³/mol. The van der Waals surface area contributed by atoms with Crippen LogP contribution in [0.2, 0.25) is 0 Å². The zero-order valence-corrected chi connectivity index (χ0v) is 14.9. The maximum absolute atomic E-state index is 12.7. The minimum absolute atomic E-state index is 0.179. The Morgan fingerprint density at radius 1 is 1.00 bits per heavy atom. The average molecular weight is 374 g/mol. The number of para-hydroxylation sites is 1. The van der Waals surface area contributed by atoms with Crippen molar-refractivity contribution in [3.63, 3.8) is 0 Å². The molecule has 1 atom stereocenters. The van der Waals surface area contributed by atoms with Crippen LogP contribution in [0.4, 0.5) is 4.79 Å². The van der Waals surface area contributed by atoms with E-state index >= 15 is 0 Å². The first-order valence-electron chi connectivity index (χ1n) is 7.99. The van der Waals surface area contributed by atoms with Crippen molar-refractivity contribution in [1.82, 2.24) is 10.2 Å². The van der Waals surface area contributed by atoms with E-state index in [9.17, 15) is 18.0 Å². The van der Waals surface area contributed by atoms with Gasteiger partial charge >= 0.3 is 16.1 Å². The molecule has 0 bridgehead atoms. The molecule has 0 saturated carbocycles. The Labute approximate surface area is 151 Å². The van der Waals surface area contributed by atoms with Crippen LogP contribution in [0.25, 0.3) is 0 Å². The third-order valence-electron chi connectivity index (χ3n) is 4.16. The maximum Gasteiger partial charge on any atom is 0.325 e. The third kappa shape index (κ3) is 3.55. The monoisotopic (exact) mass is 374 g/mol. The van der Waals surface area contributed by atoms with E-state index in [0.717, 1.165) is 4.90 Å². The summed E-state index contributed by atoms with van der Waals surface area (Å²) in [6, 6.07) is 16.2. The average Bonchev–Trinajstić information content (AvgIpc) is 2.84. The van der Waals surface area contributed by atoms with Crippen molar-refractivity contribution in [3.05, 3.63) is 66.2 Å². The molecule has 1 N–H and O–H groups in total. The molecule has 7 nitrogen and oxygen atoms in total. The van der Waals surface area contributed by atoms with Crippen LogP contribution in [0, 0.1) is 0 Å². The number of nitrogens with zero attached hydrogens (tertiary/aromatic N) is 1. The molecule has 0 aromatic heterocycles. The van der Waals surface area contributed by atoms with Gasteiger partial charge in [0.1, 0.15) is 17.0 Å². The highest BCUT2D eigenvalue weighted by Gasteiger charge is 2.49. The Balaban J connectivity index is 1.70. The fourth-order valence-electron chi connectivity index (χ4n) is 2.73. The van der Waals surface area contributed by atoms with Crippen molar-refractivity contribution >= 4 is 22.1 Å². The van der Waals surface area contributed by atoms with Crippen LogP contribution in [-0.4, -0.2) is 37.6 Å². The summed E-state index contributed by atoms with van der Waals surface area (Å²) in [5.74, 6) is -0.811. The third-order valence-corrected chi connectivity index (χ3v) is 5.29. The lowest BCUT2D eigenvalue weighted by Crippen LogP contribution is -2.41. The van der Waals surface area contributed by atoms with Crippen molar-refractivity contribution in [2.75, 3.05) is 12.3 Å². The summed E-state index contributed by atoms with van der Waals surface area (Å²) in [4.78, 5) is 25.8. The summed E-state index contributed by atoms with van der Waals surface area (Å²) in [6.07, 6.45) is 0. The van der Waals surface area contributed by atoms with E-state index in [1.165, 1.54) is 12.1 Å². The smallest absolute Gasteiger partial charge is 0.325 e. The van der Waals surface area contributed by atoms with Crippen LogP contribution >= 0.6 is 0 Å². The molecule has 0 radical (unpaired) electrons. The zero-order chi connectivity index (χ0) is 18.8. The summed E-state index contributed by atoms with van der Waals surface area (Å²) in [6.45, 7) is 1.31. The van der Waals surface area contributed by atoms with E-state index in [0.29, 0.717) is 5.56 Å². The van der Waals surface area contributed by atoms with Crippen LogP contribution in [0.15, 0.2) is 60.7 Å². The van der Waals surface area contributed by atoms with E-state index in [1.807, 2.05) is 0 Å². The van der Waals surface area contributed by atoms with E-state index in [-0.39, 0.29) is 12.3 Å². The summed E-state index contributed by atoms with van der Waals surface area (Å²) < 4.78 is 29.2. The number of imide groups is 1. The molecule has 3 amide bonds. The lowest BCUT2D eigenvalue weighted by molar-refractivity contribution is -0.130. The largest absolute Gasteiger partial charge is 0.382 e. The minimum atomic E-state index is -3.94. The molecule has 0 spiro atoms. The van der Waals surface area contributed by atoms with Gasteiger partial charge in [-0.2, -0.15) is 8.42 Å². The van der Waals surface area contributed by atoms with E-state index < -0.39 is 33.3 Å². The number of nitrogens with one attached hydrogen (secondary N) is 1. The SMILES string of the molecule is C[C@]1(c2ccccc2)NC(=O)N(CCS(=O)(=O)Oc2ccccc2)C1=O. The predicted octanol–water partition coefficient (Wildman–Crippen LogP) is 1.86. The van der Waals surface area contributed by atoms with E-state index in [1.54, 1.807) is 55.5 Å². The second kappa shape index (κ2) is 6.80. The molecule has 0 aliphatic carbocycles. The molecule has 0 unspecified atom stereocenters. The molecule has 1 fully saturated rings. The van der Waals surface area contributed by atoms with Crippen LogP contribution in [0.3, 0.4) is 0 Å². The fourth-order valence-corrected chi connectivity index (χ4v) is 3.63. The normalized spacial score (nSPS) is 20.1. The Bertz CT molecular complexity index is 915. The summed E-state index contributed by atoms with van der Waals surface area (Å²) in [5.41, 5.74) is -0.591. The Morgan fingerprint density at radius 3 is 2.19 bits per heavy atom. The molecule has 26 heavy (non-hydrogen) atoms. The van der Waals surface area contributed by atoms with Gasteiger partial charge in [-0.1, -0.05) is 48.5 Å². The van der Waals surface area contributed by atoms with Gasteiger partial charge in [0.15, 0.2) is 0 Å². The summed E-state index contributed by atoms with van der Waals surface area (Å²) in [5, 5.41) is 2.63. The minimum Gasteiger partial charge on any atom is -0.382 e. The molecule has 1 heterocycles. The van der Waals surface area contributed by atoms with Gasteiger partial charge in [-0.3, -0.25) is 9.69 Å². The van der Waals surface area contributed by atoms with E-state index in [4.69, 9.17) is 4.18 Å². The number of benzene rings is 2. The van der Waals surface area contributed by atoms with Gasteiger partial charge in [-0.15, -0.1) is 0 Å². The topological polar surface area (TPSA) is 92.8 Å². The van der Waals surface area contributed by atoms with Gasteiger partial charge in [0.25, 0.3) is 5.91 Å². The first-order chi connectivity index (χ1) is 12.3. The zero-order valence-electron chi connectivity index (χ0n) is 14.1. The highest BCUT2D eigenvalue weighted by Crippen LogP contribution is 2.28. The van der Waals surface area contributed by atoms with Crippen molar-refractivity contribution in [3.8, 4) is 5.75 Å². The quantitative estimate of drug-likeness (QED) is 0.615. The van der Waals surface area contributed by atoms with Crippen LogP contribution in [-0.2, 0) is 20.5 Å². The van der Waals surface area contributed by atoms with Crippen LogP contribution in [0.5, 0.6) is 5.75 Å². The van der Waals surface area contributed by atoms with Gasteiger partial charge in [0.05, 0.1) is 0 Å². The van der Waals surface area contributed by atoms with E-state index in [2.05, 4.69) is 5.32 Å². The van der Waals surface area contributed by atoms with Crippen molar-refractivity contribution in [2.24, 2.45) is 0 Å². The van der Waals surface area contributed by atoms with Gasteiger partial charge in [-0.05, 0) is 24.6 Å². The second-order valence-corrected chi connectivity index (χ2v) is 7.73. The second-order valence-electron chi connectivity index (χ2n) is 6.04. The molecule has 136 valence electrons. The lowest BCUT2D eigenvalue weighted by Gasteiger charge is -2.22. The molecular weight excluding hydrogens is 356 g/mol. The number of hydrogen-bond acceptors (Lipinski definition) is 5. The van der Waals surface area contributed by atoms with Crippen LogP contribution < -0.4 is 9.50 Å². The molecule has 1 saturated heterocycles. The number of carbonyl (C=O) groups excluding carboxylic acids is 2. The molecular formula is C18H18N2O5S. The van der Waals surface area contributed by atoms with Gasteiger partial charge in [0.2, 0.25) is 0 Å². The van der Waals surface area contributed by atoms with Crippen molar-refractivity contribution in [1.29, 1.82) is 0 Å². The Morgan fingerprint density at radius 2 is 1.58 bits per heavy atom. The summed E-state index contributed by atoms with van der Waals surface area (Å²) >= 11 is 0. The van der Waals surface area contributed by atoms with Gasteiger partial charge in [-0.25, -0.2) is 4.79 Å². The molecule has 3 rings (SSSR count). The summed E-state index contributed by atoms with van der Waals surface area (Å²) in [7, 11) is -3.94. The highest BCUT2D eigenvalue weighted by atomic mass is 32.2. The number of urea groups is 1. The molecule has 2 aromatic carbocycles. The lowest BCUT2D eigenvalue weighted by atomic mass is 9.92. The fraction of sp³-hybridized carbons (Fsp3) is 0.222. The molecule has 2 aromatic rings. The van der Waals surface area contributed by atoms with Crippen molar-refractivity contribution < 1.29 is 22.2 Å². The first-order valence-corrected chi connectivity index (χ1v) is 9.56. The molecule has 8 heteroatoms. The first kappa shape index (κ1) is 17.9. The number of rotatable bonds is 6. The van der Waals surface area contributed by atoms with Crippen LogP contribution in [0.1, 0.15) is 12.5 Å². The van der Waals surface area contributed by atoms with Gasteiger partial charge < -0.3 is 9.50 Å². The highest BCUT2D eigenvalue weighted by molar-refractivity contribution is 7.87. The van der Waals surface area contributed by atoms with Crippen molar-refractivity contribution in [2.45, 2.75) is 12.5 Å². The Hall–Kier alpha value is -2.87. The number of carbonyl (C=O) groups is 2. The van der Waals surface area contributed by atoms with Gasteiger partial charge in [0, 0.05) is 6.54 Å². The Kier molecular flexibility index (Phi) is 4.69. The number of hydrogen-bond donors (Lipinski definition) is 1. The number of amides is 3. The standard InChI is InChI=1S/C18H18N2O5S/c1-18(14-8-4-2-5-9-14)16(21)20(17(22)19-18)12-13-26(23,24)25-15-10-6-3-7-11-15/h2-11H,12-13H2,1H3,(H,19,22)/t18-/m1/s1. The maximum atomic E-state index is 12.7. The molecule has 1 aliphatic rings. The molecule has 1 aliphatic heterocycles.